The number of hydrogen-bond donors (Lipinski definition) is 5. The van der Waals surface area contributed by atoms with Crippen LogP contribution in [-0.4, -0.2) is 107 Å². The van der Waals surface area contributed by atoms with Gasteiger partial charge in [-0.15, -0.1) is 20.4 Å². The first-order valence-corrected chi connectivity index (χ1v) is 20.4. The molecule has 0 saturated carbocycles. The summed E-state index contributed by atoms with van der Waals surface area (Å²) in [5, 5.41) is 34.0. The van der Waals surface area contributed by atoms with E-state index in [0.717, 1.165) is 19.1 Å². The van der Waals surface area contributed by atoms with Gasteiger partial charge in [-0.1, -0.05) is 70.7 Å². The van der Waals surface area contributed by atoms with E-state index in [9.17, 15) is 18.0 Å². The number of benzene rings is 2. The Kier molecular flexibility index (Phi) is 25.1. The van der Waals surface area contributed by atoms with Crippen molar-refractivity contribution in [3.63, 3.8) is 0 Å². The first-order chi connectivity index (χ1) is 27.0. The maximum absolute atomic E-state index is 10.8. The van der Waals surface area contributed by atoms with Crippen molar-refractivity contribution in [3.8, 4) is 22.5 Å². The molecule has 0 spiro atoms. The molecular formula is C34H43Cl5N9O9S-. The minimum Gasteiger partial charge on any atom is -1.00 e. The van der Waals surface area contributed by atoms with E-state index in [-0.39, 0.29) is 50.2 Å². The molecule has 18 nitrogen and oxygen atoms in total. The molecule has 4 rings (SSSR count). The Balaban J connectivity index is 0.000000511. The van der Waals surface area contributed by atoms with E-state index in [1.165, 1.54) is 0 Å². The highest BCUT2D eigenvalue weighted by Gasteiger charge is 2.15. The van der Waals surface area contributed by atoms with Crippen molar-refractivity contribution in [3.05, 3.63) is 68.1 Å². The number of rotatable bonds is 20. The van der Waals surface area contributed by atoms with Gasteiger partial charge in [0.2, 0.25) is 0 Å². The minimum absolute atomic E-state index is 0. The number of nitrogens with zero attached hydrogens (tertiary/aromatic N) is 6. The Morgan fingerprint density at radius 2 is 1.10 bits per heavy atom. The molecule has 2 aromatic carbocycles. The SMILES string of the molecule is CS(=O)(=O)OCCOCCCc1nnc(-c2cccc(Cl)c2Cl)c(N)n1.NCC(=O)O.Nc1nc(CCCOCCCCC(=O)O)nnc1-c1cccc(Cl)c1Cl.[Cl-]. The van der Waals surface area contributed by atoms with Crippen LogP contribution in [0.25, 0.3) is 22.5 Å². The van der Waals surface area contributed by atoms with E-state index in [4.69, 9.17) is 77.6 Å². The second kappa shape index (κ2) is 27.8. The summed E-state index contributed by atoms with van der Waals surface area (Å²) < 4.78 is 36.8. The van der Waals surface area contributed by atoms with Crippen molar-refractivity contribution in [1.29, 1.82) is 0 Å². The highest BCUT2D eigenvalue weighted by molar-refractivity contribution is 7.85. The molecule has 4 aromatic rings. The van der Waals surface area contributed by atoms with E-state index >= 15 is 0 Å². The first kappa shape index (κ1) is 52.3. The third-order valence-corrected chi connectivity index (χ3v) is 9.17. The zero-order valence-corrected chi connectivity index (χ0v) is 35.7. The van der Waals surface area contributed by atoms with Gasteiger partial charge in [0.05, 0.1) is 46.1 Å². The van der Waals surface area contributed by atoms with E-state index in [2.05, 4.69) is 40.3 Å². The molecule has 0 amide bonds. The topological polar surface area (TPSA) is 292 Å². The number of aromatic nitrogens is 6. The normalized spacial score (nSPS) is 10.7. The molecule has 8 N–H and O–H groups in total. The van der Waals surface area contributed by atoms with Crippen LogP contribution < -0.4 is 29.6 Å². The van der Waals surface area contributed by atoms with Gasteiger partial charge >= 0.3 is 11.9 Å². The van der Waals surface area contributed by atoms with Gasteiger partial charge in [0.25, 0.3) is 10.1 Å². The predicted octanol–water partition coefficient (Wildman–Crippen LogP) is 2.02. The lowest BCUT2D eigenvalue weighted by Gasteiger charge is -2.08. The largest absolute Gasteiger partial charge is 1.00 e. The Morgan fingerprint density at radius 3 is 1.50 bits per heavy atom. The fourth-order valence-corrected chi connectivity index (χ4v) is 5.46. The molecule has 0 saturated heterocycles. The fraction of sp³-hybridized carbons (Fsp3) is 0.412. The molecule has 0 aliphatic rings. The number of carboxylic acids is 2. The Bertz CT molecular complexity index is 2020. The molecule has 2 aromatic heterocycles. The van der Waals surface area contributed by atoms with Gasteiger partial charge in [0, 0.05) is 50.2 Å². The van der Waals surface area contributed by atoms with E-state index in [0.29, 0.717) is 99.8 Å². The molecule has 58 heavy (non-hydrogen) atoms. The van der Waals surface area contributed by atoms with Crippen LogP contribution in [0.5, 0.6) is 0 Å². The van der Waals surface area contributed by atoms with Crippen molar-refractivity contribution in [2.24, 2.45) is 5.73 Å². The number of anilines is 2. The summed E-state index contributed by atoms with van der Waals surface area (Å²) in [6.07, 6.45) is 4.93. The van der Waals surface area contributed by atoms with Crippen LogP contribution in [0.4, 0.5) is 11.6 Å². The smallest absolute Gasteiger partial charge is 0.317 e. The lowest BCUT2D eigenvalue weighted by Crippen LogP contribution is -3.00. The van der Waals surface area contributed by atoms with Crippen LogP contribution in [0.2, 0.25) is 20.1 Å². The summed E-state index contributed by atoms with van der Waals surface area (Å²) in [5.74, 6) is -0.297. The van der Waals surface area contributed by atoms with Crippen LogP contribution >= 0.6 is 46.4 Å². The molecule has 0 atom stereocenters. The molecule has 0 fully saturated rings. The summed E-state index contributed by atoms with van der Waals surface area (Å²) in [4.78, 5) is 28.1. The van der Waals surface area contributed by atoms with Gasteiger partial charge in [-0.05, 0) is 37.8 Å². The molecule has 2 heterocycles. The van der Waals surface area contributed by atoms with Gasteiger partial charge in [-0.2, -0.15) is 8.42 Å². The average Bonchev–Trinajstić information content (AvgIpc) is 3.15. The van der Waals surface area contributed by atoms with Gasteiger partial charge in [-0.25, -0.2) is 9.97 Å². The first-order valence-electron chi connectivity index (χ1n) is 17.0. The van der Waals surface area contributed by atoms with Gasteiger partial charge in [-0.3, -0.25) is 13.8 Å². The van der Waals surface area contributed by atoms with Crippen molar-refractivity contribution in [2.75, 3.05) is 57.3 Å². The van der Waals surface area contributed by atoms with E-state index in [1.54, 1.807) is 36.4 Å². The molecular weight excluding hydrogens is 888 g/mol. The number of aliphatic carboxylic acids is 2. The highest BCUT2D eigenvalue weighted by Crippen LogP contribution is 2.35. The third kappa shape index (κ3) is 20.3. The summed E-state index contributed by atoms with van der Waals surface area (Å²) >= 11 is 24.3. The molecule has 0 bridgehead atoms. The number of carbonyl (C=O) groups is 2. The summed E-state index contributed by atoms with van der Waals surface area (Å²) in [7, 11) is -3.44. The van der Waals surface area contributed by atoms with Crippen molar-refractivity contribution in [1.82, 2.24) is 30.4 Å². The number of carboxylic acid groups (broad SMARTS) is 2. The number of unbranched alkanes of at least 4 members (excludes halogenated alkanes) is 1. The standard InChI is InChI=1S/C17H20Cl2N4O3.C15H18Cl2N4O4S.C2H5NO2.ClH/c18-12-6-3-5-11(15(12)19)16-17(20)21-13(22-23-16)7-4-10-26-9-2-1-8-14(24)25;1-26(22,23)25-9-8-24-7-3-6-12-19-15(18)14(21-20-12)10-4-2-5-11(16)13(10)17;3-1-2(4)5;/h3,5-6H,1-2,4,7-10H2,(H,24,25)(H2,20,21,22);2,4-5H,3,6-9H2,1H3,(H2,18,19,20);1,3H2,(H,4,5);1H/p-1. The number of halogens is 5. The summed E-state index contributed by atoms with van der Waals surface area (Å²) in [6.45, 7) is 1.37. The second-order valence-electron chi connectivity index (χ2n) is 11.5. The quantitative estimate of drug-likeness (QED) is 0.0626. The van der Waals surface area contributed by atoms with Gasteiger partial charge < -0.3 is 49.3 Å². The summed E-state index contributed by atoms with van der Waals surface area (Å²) in [5.41, 5.74) is 18.4. The lowest BCUT2D eigenvalue weighted by molar-refractivity contribution is -0.137. The van der Waals surface area contributed by atoms with Crippen LogP contribution in [0.15, 0.2) is 36.4 Å². The maximum atomic E-state index is 10.8. The van der Waals surface area contributed by atoms with Crippen LogP contribution in [0.1, 0.15) is 43.8 Å². The van der Waals surface area contributed by atoms with Crippen LogP contribution in [0, 0.1) is 0 Å². The zero-order valence-electron chi connectivity index (χ0n) is 31.1. The van der Waals surface area contributed by atoms with Gasteiger partial charge in [0.15, 0.2) is 23.3 Å². The number of aryl methyl sites for hydroxylation is 2. The number of hydrogen-bond acceptors (Lipinski definition) is 16. The molecule has 0 radical (unpaired) electrons. The number of ether oxygens (including phenoxy) is 2. The second-order valence-corrected chi connectivity index (χ2v) is 14.7. The van der Waals surface area contributed by atoms with Crippen molar-refractivity contribution in [2.45, 2.75) is 44.9 Å². The van der Waals surface area contributed by atoms with Crippen LogP contribution in [-0.2, 0) is 46.2 Å². The van der Waals surface area contributed by atoms with E-state index < -0.39 is 22.1 Å². The van der Waals surface area contributed by atoms with Crippen LogP contribution in [0.3, 0.4) is 0 Å². The highest BCUT2D eigenvalue weighted by atomic mass is 35.5. The summed E-state index contributed by atoms with van der Waals surface area (Å²) in [6, 6.07) is 10.3. The minimum atomic E-state index is -3.44. The maximum Gasteiger partial charge on any atom is 0.317 e. The molecule has 0 unspecified atom stereocenters. The van der Waals surface area contributed by atoms with Gasteiger partial charge in [0.1, 0.15) is 11.4 Å². The predicted molar refractivity (Wildman–Crippen MR) is 217 cm³/mol. The Labute approximate surface area is 361 Å². The fourth-order valence-electron chi connectivity index (χ4n) is 4.31. The third-order valence-electron chi connectivity index (χ3n) is 6.94. The Morgan fingerprint density at radius 1 is 0.672 bits per heavy atom. The molecule has 0 aliphatic heterocycles. The molecule has 320 valence electrons. The molecule has 0 aliphatic carbocycles. The molecule has 24 heteroatoms. The lowest BCUT2D eigenvalue weighted by atomic mass is 10.1. The van der Waals surface area contributed by atoms with E-state index in [1.807, 2.05) is 0 Å². The Hall–Kier alpha value is -3.76. The monoisotopic (exact) mass is 928 g/mol. The van der Waals surface area contributed by atoms with Crippen molar-refractivity contribution >= 4 is 80.1 Å². The zero-order chi connectivity index (χ0) is 42.4. The van der Waals surface area contributed by atoms with Crippen molar-refractivity contribution < 1.29 is 54.3 Å². The average molecular weight is 931 g/mol. The number of nitrogen functional groups attached to an aromatic ring is 2. The number of nitrogens with two attached hydrogens (primary N) is 3.